The van der Waals surface area contributed by atoms with Gasteiger partial charge in [-0.25, -0.2) is 13.1 Å². The standard InChI is InChI=1S/C13H23N3O3S/c1-3-15-20(18,19)11-6-7-12(14)13(9-11)16-10(2)5-4-8-17/h6-7,9-10,15-17H,3-5,8,14H2,1-2H3. The molecule has 0 amide bonds. The fourth-order valence-corrected chi connectivity index (χ4v) is 2.90. The average Bonchev–Trinajstić information content (AvgIpc) is 2.38. The molecule has 0 radical (unpaired) electrons. The van der Waals surface area contributed by atoms with Crippen LogP contribution >= 0.6 is 0 Å². The zero-order chi connectivity index (χ0) is 15.2. The van der Waals surface area contributed by atoms with Gasteiger partial charge in [-0.2, -0.15) is 0 Å². The van der Waals surface area contributed by atoms with E-state index < -0.39 is 10.0 Å². The number of benzene rings is 1. The van der Waals surface area contributed by atoms with Crippen molar-refractivity contribution in [2.45, 2.75) is 37.6 Å². The summed E-state index contributed by atoms with van der Waals surface area (Å²) in [5.41, 5.74) is 6.95. The van der Waals surface area contributed by atoms with Gasteiger partial charge in [0.25, 0.3) is 0 Å². The Morgan fingerprint density at radius 2 is 2.10 bits per heavy atom. The van der Waals surface area contributed by atoms with Crippen molar-refractivity contribution in [3.8, 4) is 0 Å². The largest absolute Gasteiger partial charge is 0.397 e. The summed E-state index contributed by atoms with van der Waals surface area (Å²) in [6.07, 6.45) is 1.46. The molecular formula is C13H23N3O3S. The van der Waals surface area contributed by atoms with Gasteiger partial charge in [0, 0.05) is 19.2 Å². The Balaban J connectivity index is 2.92. The second-order valence-corrected chi connectivity index (χ2v) is 6.43. The van der Waals surface area contributed by atoms with Crippen molar-refractivity contribution in [1.82, 2.24) is 4.72 Å². The van der Waals surface area contributed by atoms with E-state index in [0.717, 1.165) is 6.42 Å². The van der Waals surface area contributed by atoms with Crippen molar-refractivity contribution in [2.75, 3.05) is 24.2 Å². The first-order valence-electron chi connectivity index (χ1n) is 6.67. The monoisotopic (exact) mass is 301 g/mol. The van der Waals surface area contributed by atoms with Crippen LogP contribution in [0.2, 0.25) is 0 Å². The van der Waals surface area contributed by atoms with E-state index in [0.29, 0.717) is 24.3 Å². The quantitative estimate of drug-likeness (QED) is 0.539. The number of anilines is 2. The number of aliphatic hydroxyl groups excluding tert-OH is 1. The molecule has 0 heterocycles. The minimum absolute atomic E-state index is 0.0986. The van der Waals surface area contributed by atoms with Crippen molar-refractivity contribution in [3.05, 3.63) is 18.2 Å². The lowest BCUT2D eigenvalue weighted by Gasteiger charge is -2.17. The van der Waals surface area contributed by atoms with Crippen LogP contribution in [0, 0.1) is 0 Å². The molecule has 1 aromatic rings. The predicted octanol–water partition coefficient (Wildman–Crippen LogP) is 1.14. The first-order valence-corrected chi connectivity index (χ1v) is 8.15. The van der Waals surface area contributed by atoms with Crippen LogP contribution in [0.25, 0.3) is 0 Å². The molecule has 0 saturated heterocycles. The molecule has 1 aromatic carbocycles. The molecule has 0 saturated carbocycles. The molecular weight excluding hydrogens is 278 g/mol. The van der Waals surface area contributed by atoms with Gasteiger partial charge in [-0.15, -0.1) is 0 Å². The number of rotatable bonds is 8. The summed E-state index contributed by atoms with van der Waals surface area (Å²) in [7, 11) is -3.49. The molecule has 0 spiro atoms. The summed E-state index contributed by atoms with van der Waals surface area (Å²) < 4.78 is 26.3. The maximum atomic E-state index is 11.9. The molecule has 5 N–H and O–H groups in total. The van der Waals surface area contributed by atoms with Gasteiger partial charge < -0.3 is 16.2 Å². The summed E-state index contributed by atoms with van der Waals surface area (Å²) in [4.78, 5) is 0.186. The number of hydrogen-bond donors (Lipinski definition) is 4. The van der Waals surface area contributed by atoms with Gasteiger partial charge in [0.1, 0.15) is 0 Å². The van der Waals surface area contributed by atoms with Crippen molar-refractivity contribution in [1.29, 1.82) is 0 Å². The highest BCUT2D eigenvalue weighted by molar-refractivity contribution is 7.89. The topological polar surface area (TPSA) is 104 Å². The summed E-state index contributed by atoms with van der Waals surface area (Å²) in [6, 6.07) is 4.69. The number of aliphatic hydroxyl groups is 1. The molecule has 7 heteroatoms. The Bertz CT molecular complexity index is 532. The van der Waals surface area contributed by atoms with Crippen LogP contribution in [-0.2, 0) is 10.0 Å². The fraction of sp³-hybridized carbons (Fsp3) is 0.538. The Morgan fingerprint density at radius 3 is 2.70 bits per heavy atom. The number of nitrogen functional groups attached to an aromatic ring is 1. The first kappa shape index (κ1) is 16.7. The van der Waals surface area contributed by atoms with Crippen LogP contribution in [0.15, 0.2) is 23.1 Å². The SMILES string of the molecule is CCNS(=O)(=O)c1ccc(N)c(NC(C)CCCO)c1. The van der Waals surface area contributed by atoms with Crippen molar-refractivity contribution in [2.24, 2.45) is 0 Å². The van der Waals surface area contributed by atoms with E-state index in [-0.39, 0.29) is 17.5 Å². The number of nitrogens with two attached hydrogens (primary N) is 1. The Hall–Kier alpha value is -1.31. The molecule has 0 aliphatic heterocycles. The minimum atomic E-state index is -3.49. The Kier molecular flexibility index (Phi) is 6.25. The third kappa shape index (κ3) is 4.66. The van der Waals surface area contributed by atoms with Crippen molar-refractivity contribution >= 4 is 21.4 Å². The van der Waals surface area contributed by atoms with E-state index in [1.54, 1.807) is 13.0 Å². The lowest BCUT2D eigenvalue weighted by molar-refractivity contribution is 0.282. The van der Waals surface area contributed by atoms with Crippen LogP contribution in [0.1, 0.15) is 26.7 Å². The lowest BCUT2D eigenvalue weighted by atomic mass is 10.1. The molecule has 0 bridgehead atoms. The molecule has 20 heavy (non-hydrogen) atoms. The van der Waals surface area contributed by atoms with Gasteiger partial charge in [0.2, 0.25) is 10.0 Å². The molecule has 1 unspecified atom stereocenters. The van der Waals surface area contributed by atoms with E-state index in [1.807, 2.05) is 6.92 Å². The fourth-order valence-electron chi connectivity index (χ4n) is 1.84. The minimum Gasteiger partial charge on any atom is -0.397 e. The van der Waals surface area contributed by atoms with E-state index in [2.05, 4.69) is 10.0 Å². The molecule has 1 rings (SSSR count). The van der Waals surface area contributed by atoms with Crippen LogP contribution < -0.4 is 15.8 Å². The smallest absolute Gasteiger partial charge is 0.240 e. The van der Waals surface area contributed by atoms with Gasteiger partial charge in [0.15, 0.2) is 0 Å². The Labute approximate surface area is 120 Å². The highest BCUT2D eigenvalue weighted by Gasteiger charge is 2.15. The van der Waals surface area contributed by atoms with Crippen LogP contribution in [0.3, 0.4) is 0 Å². The maximum Gasteiger partial charge on any atom is 0.240 e. The first-order chi connectivity index (χ1) is 9.40. The maximum absolute atomic E-state index is 11.9. The van der Waals surface area contributed by atoms with Gasteiger partial charge in [-0.1, -0.05) is 6.92 Å². The summed E-state index contributed by atoms with van der Waals surface area (Å²) in [5, 5.41) is 12.0. The van der Waals surface area contributed by atoms with E-state index in [4.69, 9.17) is 10.8 Å². The third-order valence-electron chi connectivity index (χ3n) is 2.87. The van der Waals surface area contributed by atoms with Crippen LogP contribution in [0.5, 0.6) is 0 Å². The van der Waals surface area contributed by atoms with Crippen LogP contribution in [0.4, 0.5) is 11.4 Å². The van der Waals surface area contributed by atoms with Crippen LogP contribution in [-0.4, -0.2) is 32.7 Å². The molecule has 6 nitrogen and oxygen atoms in total. The molecule has 0 aliphatic rings. The lowest BCUT2D eigenvalue weighted by Crippen LogP contribution is -2.23. The number of hydrogen-bond acceptors (Lipinski definition) is 5. The molecule has 1 atom stereocenters. The van der Waals surface area contributed by atoms with Crippen molar-refractivity contribution in [3.63, 3.8) is 0 Å². The van der Waals surface area contributed by atoms with Gasteiger partial charge in [0.05, 0.1) is 16.3 Å². The van der Waals surface area contributed by atoms with Gasteiger partial charge in [-0.3, -0.25) is 0 Å². The zero-order valence-electron chi connectivity index (χ0n) is 11.9. The molecule has 0 aliphatic carbocycles. The highest BCUT2D eigenvalue weighted by Crippen LogP contribution is 2.24. The zero-order valence-corrected chi connectivity index (χ0v) is 12.7. The molecule has 0 fully saturated rings. The van der Waals surface area contributed by atoms with Gasteiger partial charge in [-0.05, 0) is 38.0 Å². The predicted molar refractivity (Wildman–Crippen MR) is 81.1 cm³/mol. The number of sulfonamides is 1. The summed E-state index contributed by atoms with van der Waals surface area (Å²) in [6.45, 7) is 4.16. The Morgan fingerprint density at radius 1 is 1.40 bits per heavy atom. The van der Waals surface area contributed by atoms with E-state index in [9.17, 15) is 8.42 Å². The summed E-state index contributed by atoms with van der Waals surface area (Å²) in [5.74, 6) is 0. The summed E-state index contributed by atoms with van der Waals surface area (Å²) >= 11 is 0. The average molecular weight is 301 g/mol. The second-order valence-electron chi connectivity index (χ2n) is 4.66. The van der Waals surface area contributed by atoms with E-state index in [1.165, 1.54) is 12.1 Å². The molecule has 114 valence electrons. The second kappa shape index (κ2) is 7.47. The van der Waals surface area contributed by atoms with Crippen molar-refractivity contribution < 1.29 is 13.5 Å². The molecule has 0 aromatic heterocycles. The van der Waals surface area contributed by atoms with Gasteiger partial charge >= 0.3 is 0 Å². The van der Waals surface area contributed by atoms with E-state index >= 15 is 0 Å². The third-order valence-corrected chi connectivity index (χ3v) is 4.41. The highest BCUT2D eigenvalue weighted by atomic mass is 32.2. The normalized spacial score (nSPS) is 13.2. The number of nitrogens with one attached hydrogen (secondary N) is 2.